The number of aliphatic carboxylic acids is 1. The number of nitrogens with one attached hydrogen (secondary N) is 2. The molecule has 2 heterocycles. The normalized spacial score (nSPS) is 19.0. The number of allylic oxidation sites excluding steroid dienone is 1. The van der Waals surface area contributed by atoms with E-state index in [9.17, 15) is 14.7 Å². The summed E-state index contributed by atoms with van der Waals surface area (Å²) in [6.07, 6.45) is 9.65. The van der Waals surface area contributed by atoms with Crippen LogP contribution in [0.3, 0.4) is 0 Å². The molecule has 2 aliphatic rings. The fourth-order valence-electron chi connectivity index (χ4n) is 4.86. The van der Waals surface area contributed by atoms with Crippen molar-refractivity contribution in [3.8, 4) is 0 Å². The van der Waals surface area contributed by atoms with Gasteiger partial charge in [0.2, 0.25) is 5.91 Å². The highest BCUT2D eigenvalue weighted by molar-refractivity contribution is 5.90. The van der Waals surface area contributed by atoms with Gasteiger partial charge in [-0.05, 0) is 73.9 Å². The second-order valence-electron chi connectivity index (χ2n) is 9.38. The second-order valence-corrected chi connectivity index (χ2v) is 9.38. The average molecular weight is 462 g/mol. The third kappa shape index (κ3) is 6.70. The molecule has 0 aromatic heterocycles. The van der Waals surface area contributed by atoms with Crippen LogP contribution in [0.2, 0.25) is 0 Å². The maximum absolute atomic E-state index is 13.2. The van der Waals surface area contributed by atoms with Gasteiger partial charge in [0, 0.05) is 18.8 Å². The zero-order valence-corrected chi connectivity index (χ0v) is 19.7. The van der Waals surface area contributed by atoms with Crippen LogP contribution in [0, 0.1) is 5.92 Å². The van der Waals surface area contributed by atoms with Crippen LogP contribution >= 0.6 is 0 Å². The zero-order valence-electron chi connectivity index (χ0n) is 19.7. The number of fused-ring (bicyclic) bond motifs is 1. The summed E-state index contributed by atoms with van der Waals surface area (Å²) in [4.78, 5) is 26.5. The van der Waals surface area contributed by atoms with E-state index in [1.165, 1.54) is 19.3 Å². The molecule has 4 rings (SSSR count). The van der Waals surface area contributed by atoms with Gasteiger partial charge in [0.25, 0.3) is 0 Å². The summed E-state index contributed by atoms with van der Waals surface area (Å²) >= 11 is 0. The topological polar surface area (TPSA) is 81.7 Å². The van der Waals surface area contributed by atoms with Crippen molar-refractivity contribution in [2.24, 2.45) is 5.92 Å². The molecule has 0 saturated carbocycles. The smallest absolute Gasteiger partial charge is 0.305 e. The van der Waals surface area contributed by atoms with Crippen LogP contribution in [0.5, 0.6) is 0 Å². The van der Waals surface area contributed by atoms with E-state index in [0.29, 0.717) is 13.1 Å². The van der Waals surface area contributed by atoms with Crippen molar-refractivity contribution in [1.82, 2.24) is 10.2 Å². The van der Waals surface area contributed by atoms with Gasteiger partial charge in [-0.2, -0.15) is 0 Å². The van der Waals surface area contributed by atoms with E-state index in [1.807, 2.05) is 36.4 Å². The Hall–Kier alpha value is -3.12. The van der Waals surface area contributed by atoms with Crippen molar-refractivity contribution < 1.29 is 14.7 Å². The summed E-state index contributed by atoms with van der Waals surface area (Å²) in [7, 11) is 0. The molecule has 1 fully saturated rings. The standard InChI is InChI=1S/C28H35N3O3/c32-27(33)19-26-28(34)31(17-14-21-6-2-1-3-7-21)20-24-11-10-23(18-25(24)30-26)9-5-4-8-22-12-15-29-16-13-22/h1-3,5-7,9-11,18,22,26,29-30H,4,8,12-17,19-20H2,(H,32,33)/b9-5-. The number of anilines is 1. The Labute approximate surface area is 202 Å². The fraction of sp³-hybridized carbons (Fsp3) is 0.429. The summed E-state index contributed by atoms with van der Waals surface area (Å²) in [5.41, 5.74) is 4.09. The summed E-state index contributed by atoms with van der Waals surface area (Å²) in [6.45, 7) is 3.29. The first-order valence-electron chi connectivity index (χ1n) is 12.4. The molecule has 1 unspecified atom stereocenters. The Kier molecular flexibility index (Phi) is 8.36. The van der Waals surface area contributed by atoms with E-state index in [4.69, 9.17) is 0 Å². The Balaban J connectivity index is 1.44. The van der Waals surface area contributed by atoms with Crippen LogP contribution in [0.1, 0.15) is 48.8 Å². The quantitative estimate of drug-likeness (QED) is 0.518. The lowest BCUT2D eigenvalue weighted by molar-refractivity contribution is -0.141. The highest BCUT2D eigenvalue weighted by Gasteiger charge is 2.30. The van der Waals surface area contributed by atoms with E-state index in [2.05, 4.69) is 34.9 Å². The minimum Gasteiger partial charge on any atom is -0.481 e. The van der Waals surface area contributed by atoms with Gasteiger partial charge in [-0.1, -0.05) is 54.6 Å². The van der Waals surface area contributed by atoms with Gasteiger partial charge in [0.15, 0.2) is 0 Å². The average Bonchev–Trinajstić information content (AvgIpc) is 2.97. The lowest BCUT2D eigenvalue weighted by atomic mass is 9.93. The van der Waals surface area contributed by atoms with Crippen LogP contribution in [0.25, 0.3) is 6.08 Å². The van der Waals surface area contributed by atoms with Crippen LogP contribution < -0.4 is 10.6 Å². The maximum Gasteiger partial charge on any atom is 0.305 e. The summed E-state index contributed by atoms with van der Waals surface area (Å²) in [6, 6.07) is 15.5. The first-order chi connectivity index (χ1) is 16.6. The minimum absolute atomic E-state index is 0.159. The first kappa shape index (κ1) is 24.0. The number of carbonyl (C=O) groups excluding carboxylic acids is 1. The molecular weight excluding hydrogens is 426 g/mol. The summed E-state index contributed by atoms with van der Waals surface area (Å²) in [5.74, 6) is -0.330. The number of hydrogen-bond acceptors (Lipinski definition) is 4. The van der Waals surface area contributed by atoms with Crippen LogP contribution in [-0.2, 0) is 22.6 Å². The third-order valence-corrected chi connectivity index (χ3v) is 6.84. The van der Waals surface area contributed by atoms with Crippen LogP contribution in [0.4, 0.5) is 5.69 Å². The van der Waals surface area contributed by atoms with Gasteiger partial charge in [-0.25, -0.2) is 0 Å². The molecule has 0 aliphatic carbocycles. The number of amides is 1. The zero-order chi connectivity index (χ0) is 23.8. The SMILES string of the molecule is O=C(O)CC1Nc2cc(/C=C\CCC3CCNCC3)ccc2CN(CCc2ccccc2)C1=O. The number of rotatable bonds is 9. The van der Waals surface area contributed by atoms with Gasteiger partial charge in [-0.15, -0.1) is 0 Å². The molecule has 34 heavy (non-hydrogen) atoms. The predicted octanol–water partition coefficient (Wildman–Crippen LogP) is 4.32. The van der Waals surface area contributed by atoms with Crippen molar-refractivity contribution in [3.63, 3.8) is 0 Å². The van der Waals surface area contributed by atoms with Gasteiger partial charge in [0.05, 0.1) is 6.42 Å². The van der Waals surface area contributed by atoms with Crippen molar-refractivity contribution in [3.05, 3.63) is 71.3 Å². The molecule has 2 aromatic rings. The third-order valence-electron chi connectivity index (χ3n) is 6.84. The molecule has 2 aromatic carbocycles. The molecule has 1 saturated heterocycles. The van der Waals surface area contributed by atoms with E-state index in [1.54, 1.807) is 4.90 Å². The predicted molar refractivity (Wildman–Crippen MR) is 136 cm³/mol. The highest BCUT2D eigenvalue weighted by atomic mass is 16.4. The molecule has 1 atom stereocenters. The molecule has 6 heteroatoms. The Morgan fingerprint density at radius 3 is 2.68 bits per heavy atom. The van der Waals surface area contributed by atoms with E-state index in [-0.39, 0.29) is 12.3 Å². The van der Waals surface area contributed by atoms with E-state index < -0.39 is 12.0 Å². The number of hydrogen-bond donors (Lipinski definition) is 3. The number of carboxylic acids is 1. The summed E-state index contributed by atoms with van der Waals surface area (Å²) < 4.78 is 0. The van der Waals surface area contributed by atoms with Crippen LogP contribution in [-0.4, -0.2) is 47.6 Å². The fourth-order valence-corrected chi connectivity index (χ4v) is 4.86. The molecule has 0 spiro atoms. The largest absolute Gasteiger partial charge is 0.481 e. The van der Waals surface area contributed by atoms with Crippen LogP contribution in [0.15, 0.2) is 54.6 Å². The molecule has 3 N–H and O–H groups in total. The number of carbonyl (C=O) groups is 2. The van der Waals surface area contributed by atoms with Gasteiger partial charge >= 0.3 is 5.97 Å². The molecule has 0 radical (unpaired) electrons. The first-order valence-corrected chi connectivity index (χ1v) is 12.4. The number of carboxylic acid groups (broad SMARTS) is 1. The molecule has 1 amide bonds. The second kappa shape index (κ2) is 11.8. The number of benzene rings is 2. The van der Waals surface area contributed by atoms with E-state index in [0.717, 1.165) is 54.2 Å². The molecular formula is C28H35N3O3. The Morgan fingerprint density at radius 2 is 1.91 bits per heavy atom. The van der Waals surface area contributed by atoms with Gasteiger partial charge < -0.3 is 20.6 Å². The maximum atomic E-state index is 13.2. The Morgan fingerprint density at radius 1 is 1.12 bits per heavy atom. The lowest BCUT2D eigenvalue weighted by Crippen LogP contribution is -2.42. The van der Waals surface area contributed by atoms with Gasteiger partial charge in [-0.3, -0.25) is 9.59 Å². The monoisotopic (exact) mass is 461 g/mol. The summed E-state index contributed by atoms with van der Waals surface area (Å²) in [5, 5.41) is 16.0. The lowest BCUT2D eigenvalue weighted by Gasteiger charge is -2.24. The molecule has 6 nitrogen and oxygen atoms in total. The van der Waals surface area contributed by atoms with Crippen molar-refractivity contribution >= 4 is 23.6 Å². The number of nitrogens with zero attached hydrogens (tertiary/aromatic N) is 1. The molecule has 0 bridgehead atoms. The van der Waals surface area contributed by atoms with Crippen molar-refractivity contribution in [2.45, 2.75) is 51.1 Å². The molecule has 2 aliphatic heterocycles. The van der Waals surface area contributed by atoms with Crippen molar-refractivity contribution in [2.75, 3.05) is 25.0 Å². The molecule has 180 valence electrons. The highest BCUT2D eigenvalue weighted by Crippen LogP contribution is 2.27. The van der Waals surface area contributed by atoms with E-state index >= 15 is 0 Å². The van der Waals surface area contributed by atoms with Crippen molar-refractivity contribution in [1.29, 1.82) is 0 Å². The van der Waals surface area contributed by atoms with Gasteiger partial charge in [0.1, 0.15) is 6.04 Å². The Bertz CT molecular complexity index is 999. The number of piperidine rings is 1. The minimum atomic E-state index is -0.980.